The lowest BCUT2D eigenvalue weighted by Crippen LogP contribution is -2.38. The Morgan fingerprint density at radius 3 is 1.94 bits per heavy atom. The number of hydrogen-bond acceptors (Lipinski definition) is 2. The van der Waals surface area contributed by atoms with Crippen LogP contribution in [0.1, 0.15) is 54.9 Å². The van der Waals surface area contributed by atoms with E-state index in [4.69, 9.17) is 9.47 Å². The molecule has 98 valence electrons. The van der Waals surface area contributed by atoms with E-state index in [1.165, 1.54) is 0 Å². The summed E-state index contributed by atoms with van der Waals surface area (Å²) in [4.78, 5) is 0. The Kier molecular flexibility index (Phi) is 6.47. The first-order valence-corrected chi connectivity index (χ1v) is 6.72. The summed E-state index contributed by atoms with van der Waals surface area (Å²) in [5.74, 6) is 0. The summed E-state index contributed by atoms with van der Waals surface area (Å²) >= 11 is 0. The van der Waals surface area contributed by atoms with Gasteiger partial charge in [0, 0.05) is 0 Å². The molecule has 3 unspecified atom stereocenters. The molecule has 0 radical (unpaired) electrons. The first-order chi connectivity index (χ1) is 7.06. The Morgan fingerprint density at radius 1 is 1.12 bits per heavy atom. The second-order valence-electron chi connectivity index (χ2n) is 6.12. The molecule has 0 aromatic carbocycles. The van der Waals surface area contributed by atoms with Gasteiger partial charge in [0.15, 0.2) is 0 Å². The third kappa shape index (κ3) is 7.60. The van der Waals surface area contributed by atoms with Gasteiger partial charge in [0.1, 0.15) is 0 Å². The van der Waals surface area contributed by atoms with Crippen molar-refractivity contribution >= 4 is 9.24 Å². The number of hydrogen-bond donors (Lipinski definition) is 0. The monoisotopic (exact) mass is 248 g/mol. The molecule has 0 heterocycles. The van der Waals surface area contributed by atoms with Crippen LogP contribution in [-0.4, -0.2) is 24.2 Å². The standard InChI is InChI=1S/C13H29O2P/c1-8-10(2)15-11(12(3,4)5)9-14-13(6,7)16/h10-11H,8-9,16H2,1-7H3. The van der Waals surface area contributed by atoms with Gasteiger partial charge in [-0.3, -0.25) is 0 Å². The van der Waals surface area contributed by atoms with Crippen LogP contribution in [0.25, 0.3) is 0 Å². The highest BCUT2D eigenvalue weighted by Gasteiger charge is 2.28. The maximum atomic E-state index is 6.03. The van der Waals surface area contributed by atoms with Gasteiger partial charge >= 0.3 is 0 Å². The van der Waals surface area contributed by atoms with Gasteiger partial charge in [0.2, 0.25) is 0 Å². The van der Waals surface area contributed by atoms with Crippen LogP contribution in [0, 0.1) is 5.41 Å². The Labute approximate surface area is 104 Å². The van der Waals surface area contributed by atoms with E-state index in [0.29, 0.717) is 12.7 Å². The zero-order valence-electron chi connectivity index (χ0n) is 12.0. The molecule has 0 aliphatic heterocycles. The molecule has 0 bridgehead atoms. The summed E-state index contributed by atoms with van der Waals surface area (Å²) in [5, 5.41) is -0.178. The molecule has 0 aromatic rings. The third-order valence-corrected chi connectivity index (χ3v) is 2.71. The Balaban J connectivity index is 4.34. The van der Waals surface area contributed by atoms with Crippen molar-refractivity contribution in [2.45, 2.75) is 72.4 Å². The van der Waals surface area contributed by atoms with Crippen molar-refractivity contribution in [1.82, 2.24) is 0 Å². The van der Waals surface area contributed by atoms with Gasteiger partial charge < -0.3 is 9.47 Å². The average Bonchev–Trinajstić information content (AvgIpc) is 2.08. The molecule has 3 atom stereocenters. The highest BCUT2D eigenvalue weighted by atomic mass is 31.0. The molecule has 0 amide bonds. The van der Waals surface area contributed by atoms with Gasteiger partial charge in [-0.2, -0.15) is 0 Å². The molecular formula is C13H29O2P. The van der Waals surface area contributed by atoms with Crippen molar-refractivity contribution in [3.63, 3.8) is 0 Å². The maximum Gasteiger partial charge on any atom is 0.0860 e. The zero-order chi connectivity index (χ0) is 13.0. The Bertz CT molecular complexity index is 191. The van der Waals surface area contributed by atoms with Crippen LogP contribution in [0.5, 0.6) is 0 Å². The minimum absolute atomic E-state index is 0.110. The van der Waals surface area contributed by atoms with Gasteiger partial charge in [-0.15, -0.1) is 9.24 Å². The topological polar surface area (TPSA) is 18.5 Å². The fourth-order valence-electron chi connectivity index (χ4n) is 1.16. The summed E-state index contributed by atoms with van der Waals surface area (Å²) in [6, 6.07) is 0. The summed E-state index contributed by atoms with van der Waals surface area (Å²) in [7, 11) is 2.70. The van der Waals surface area contributed by atoms with Gasteiger partial charge in [-0.25, -0.2) is 0 Å². The molecule has 16 heavy (non-hydrogen) atoms. The third-order valence-electron chi connectivity index (χ3n) is 2.54. The van der Waals surface area contributed by atoms with Crippen LogP contribution >= 0.6 is 9.24 Å². The van der Waals surface area contributed by atoms with Gasteiger partial charge in [0.25, 0.3) is 0 Å². The smallest absolute Gasteiger partial charge is 0.0860 e. The van der Waals surface area contributed by atoms with Crippen LogP contribution in [0.4, 0.5) is 0 Å². The second kappa shape index (κ2) is 6.33. The normalized spacial score (nSPS) is 17.2. The molecule has 2 nitrogen and oxygen atoms in total. The van der Waals surface area contributed by atoms with Crippen LogP contribution in [0.2, 0.25) is 0 Å². The summed E-state index contributed by atoms with van der Waals surface area (Å²) < 4.78 is 11.8. The van der Waals surface area contributed by atoms with Crippen LogP contribution in [-0.2, 0) is 9.47 Å². The lowest BCUT2D eigenvalue weighted by molar-refractivity contribution is -0.114. The van der Waals surface area contributed by atoms with Crippen LogP contribution in [0.15, 0.2) is 0 Å². The molecule has 0 fully saturated rings. The van der Waals surface area contributed by atoms with Crippen molar-refractivity contribution in [2.75, 3.05) is 6.61 Å². The molecule has 0 saturated heterocycles. The zero-order valence-corrected chi connectivity index (χ0v) is 13.1. The van der Waals surface area contributed by atoms with Crippen molar-refractivity contribution in [3.8, 4) is 0 Å². The van der Waals surface area contributed by atoms with E-state index in [1.54, 1.807) is 0 Å². The molecule has 0 N–H and O–H groups in total. The molecule has 0 aliphatic rings. The van der Waals surface area contributed by atoms with E-state index in [9.17, 15) is 0 Å². The molecule has 3 heteroatoms. The average molecular weight is 248 g/mol. The van der Waals surface area contributed by atoms with Crippen molar-refractivity contribution in [3.05, 3.63) is 0 Å². The molecule has 0 aliphatic carbocycles. The molecule has 0 saturated carbocycles. The lowest BCUT2D eigenvalue weighted by atomic mass is 9.89. The van der Waals surface area contributed by atoms with Crippen molar-refractivity contribution in [1.29, 1.82) is 0 Å². The molecule has 0 rings (SSSR count). The van der Waals surface area contributed by atoms with Crippen molar-refractivity contribution < 1.29 is 9.47 Å². The molecule has 0 spiro atoms. The highest BCUT2D eigenvalue weighted by molar-refractivity contribution is 7.18. The van der Waals surface area contributed by atoms with Gasteiger partial charge in [-0.1, -0.05) is 27.7 Å². The highest BCUT2D eigenvalue weighted by Crippen LogP contribution is 2.27. The summed E-state index contributed by atoms with van der Waals surface area (Å²) in [6.45, 7) is 15.6. The van der Waals surface area contributed by atoms with Gasteiger partial charge in [0.05, 0.1) is 24.2 Å². The maximum absolute atomic E-state index is 6.03. The minimum Gasteiger partial charge on any atom is -0.372 e. The van der Waals surface area contributed by atoms with E-state index >= 15 is 0 Å². The Morgan fingerprint density at radius 2 is 1.62 bits per heavy atom. The first kappa shape index (κ1) is 16.4. The first-order valence-electron chi connectivity index (χ1n) is 6.14. The number of rotatable bonds is 6. The largest absolute Gasteiger partial charge is 0.372 e. The van der Waals surface area contributed by atoms with E-state index < -0.39 is 0 Å². The van der Waals surface area contributed by atoms with E-state index in [2.05, 4.69) is 43.9 Å². The van der Waals surface area contributed by atoms with Crippen LogP contribution < -0.4 is 0 Å². The minimum atomic E-state index is -0.178. The lowest BCUT2D eigenvalue weighted by Gasteiger charge is -2.34. The summed E-state index contributed by atoms with van der Waals surface area (Å²) in [6.07, 6.45) is 1.47. The fraction of sp³-hybridized carbons (Fsp3) is 1.00. The fourth-order valence-corrected chi connectivity index (χ4v) is 1.26. The predicted octanol–water partition coefficient (Wildman–Crippen LogP) is 3.84. The van der Waals surface area contributed by atoms with E-state index in [0.717, 1.165) is 6.42 Å². The van der Waals surface area contributed by atoms with Crippen molar-refractivity contribution in [2.24, 2.45) is 5.41 Å². The summed E-state index contributed by atoms with van der Waals surface area (Å²) in [5.41, 5.74) is 0.110. The Hall–Kier alpha value is 0.350. The molecular weight excluding hydrogens is 219 g/mol. The van der Waals surface area contributed by atoms with E-state index in [1.807, 2.05) is 13.8 Å². The molecule has 0 aromatic heterocycles. The van der Waals surface area contributed by atoms with Gasteiger partial charge in [-0.05, 0) is 32.6 Å². The van der Waals surface area contributed by atoms with Crippen LogP contribution in [0.3, 0.4) is 0 Å². The second-order valence-corrected chi connectivity index (χ2v) is 7.51. The predicted molar refractivity (Wildman–Crippen MR) is 73.8 cm³/mol. The quantitative estimate of drug-likeness (QED) is 0.665. The SMILES string of the molecule is CCC(C)OC(COC(C)(C)P)C(C)(C)C. The van der Waals surface area contributed by atoms with E-state index in [-0.39, 0.29) is 16.9 Å². The number of ether oxygens (including phenoxy) is 2.